The quantitative estimate of drug-likeness (QED) is 0.737. The van der Waals surface area contributed by atoms with Crippen LogP contribution in [0.4, 0.5) is 4.79 Å². The first-order chi connectivity index (χ1) is 12.3. The van der Waals surface area contributed by atoms with Crippen LogP contribution in [0.2, 0.25) is 0 Å². The third-order valence-electron chi connectivity index (χ3n) is 2.91. The zero-order valence-corrected chi connectivity index (χ0v) is 16.0. The molecule has 10 heteroatoms. The van der Waals surface area contributed by atoms with Gasteiger partial charge in [-0.2, -0.15) is 4.68 Å². The molecule has 9 nitrogen and oxygen atoms in total. The number of amides is 3. The Morgan fingerprint density at radius 2 is 2.00 bits per heavy atom. The fraction of sp³-hybridized carbons (Fsp3) is 0.438. The summed E-state index contributed by atoms with van der Waals surface area (Å²) in [6.45, 7) is 7.88. The Morgan fingerprint density at radius 3 is 2.69 bits per heavy atom. The number of aromatic nitrogens is 4. The Labute approximate surface area is 155 Å². The van der Waals surface area contributed by atoms with Crippen LogP contribution in [-0.4, -0.2) is 50.0 Å². The number of nitrogens with zero attached hydrogens (tertiary/aromatic N) is 4. The van der Waals surface area contributed by atoms with E-state index in [1.165, 1.54) is 4.68 Å². The van der Waals surface area contributed by atoms with Crippen molar-refractivity contribution >= 4 is 23.7 Å². The van der Waals surface area contributed by atoms with Crippen LogP contribution < -0.4 is 15.4 Å². The highest BCUT2D eigenvalue weighted by molar-refractivity contribution is 7.99. The molecule has 2 rings (SSSR count). The van der Waals surface area contributed by atoms with E-state index in [0.717, 1.165) is 11.8 Å². The summed E-state index contributed by atoms with van der Waals surface area (Å²) >= 11 is 1.12. The Bertz CT molecular complexity index is 771. The zero-order chi connectivity index (χ0) is 19.2. The number of urea groups is 1. The van der Waals surface area contributed by atoms with Gasteiger partial charge in [0.1, 0.15) is 11.4 Å². The number of carbonyl (C=O) groups excluding carboxylic acids is 2. The average Bonchev–Trinajstić information content (AvgIpc) is 3.00. The van der Waals surface area contributed by atoms with Crippen LogP contribution in [0.25, 0.3) is 5.69 Å². The molecule has 1 aromatic heterocycles. The third kappa shape index (κ3) is 5.73. The number of thioether (sulfide) groups is 1. The molecular formula is C16H22N6O3S. The van der Waals surface area contributed by atoms with E-state index < -0.39 is 17.5 Å². The Morgan fingerprint density at radius 1 is 1.27 bits per heavy atom. The van der Waals surface area contributed by atoms with Crippen molar-refractivity contribution in [3.63, 3.8) is 0 Å². The van der Waals surface area contributed by atoms with Crippen LogP contribution in [-0.2, 0) is 4.79 Å². The maximum absolute atomic E-state index is 12.0. The molecule has 0 spiro atoms. The number of hydrogen-bond acceptors (Lipinski definition) is 7. The largest absolute Gasteiger partial charge is 0.492 e. The molecule has 0 unspecified atom stereocenters. The molecule has 2 aromatic rings. The second-order valence-corrected chi connectivity index (χ2v) is 7.26. The van der Waals surface area contributed by atoms with E-state index in [0.29, 0.717) is 23.2 Å². The van der Waals surface area contributed by atoms with Crippen LogP contribution in [0.1, 0.15) is 27.7 Å². The topological polar surface area (TPSA) is 111 Å². The summed E-state index contributed by atoms with van der Waals surface area (Å²) in [4.78, 5) is 23.7. The van der Waals surface area contributed by atoms with Crippen molar-refractivity contribution in [2.75, 3.05) is 12.4 Å². The first-order valence-electron chi connectivity index (χ1n) is 8.05. The molecule has 0 atom stereocenters. The van der Waals surface area contributed by atoms with Crippen LogP contribution in [0.3, 0.4) is 0 Å². The summed E-state index contributed by atoms with van der Waals surface area (Å²) < 4.78 is 7.08. The number of hydrogen-bond donors (Lipinski definition) is 2. The summed E-state index contributed by atoms with van der Waals surface area (Å²) in [5, 5.41) is 16.9. The van der Waals surface area contributed by atoms with E-state index in [1.54, 1.807) is 0 Å². The predicted octanol–water partition coefficient (Wildman–Crippen LogP) is 1.78. The highest BCUT2D eigenvalue weighted by Gasteiger charge is 2.18. The van der Waals surface area contributed by atoms with Gasteiger partial charge in [0.15, 0.2) is 0 Å². The van der Waals surface area contributed by atoms with Gasteiger partial charge in [-0.3, -0.25) is 10.1 Å². The first kappa shape index (κ1) is 19.7. The highest BCUT2D eigenvalue weighted by atomic mass is 32.2. The average molecular weight is 378 g/mol. The lowest BCUT2D eigenvalue weighted by molar-refractivity contribution is -0.117. The van der Waals surface area contributed by atoms with Gasteiger partial charge in [0.2, 0.25) is 11.1 Å². The molecule has 140 valence electrons. The molecule has 3 amide bonds. The number of carbonyl (C=O) groups is 2. The van der Waals surface area contributed by atoms with Crippen LogP contribution in [0.15, 0.2) is 29.4 Å². The van der Waals surface area contributed by atoms with E-state index in [9.17, 15) is 9.59 Å². The fourth-order valence-corrected chi connectivity index (χ4v) is 2.68. The summed E-state index contributed by atoms with van der Waals surface area (Å²) in [5.41, 5.74) is 0.248. The number of benzene rings is 1. The van der Waals surface area contributed by atoms with Crippen molar-refractivity contribution in [3.05, 3.63) is 24.3 Å². The van der Waals surface area contributed by atoms with E-state index in [2.05, 4.69) is 26.2 Å². The minimum atomic E-state index is -0.538. The van der Waals surface area contributed by atoms with Gasteiger partial charge >= 0.3 is 6.03 Å². The number of para-hydroxylation sites is 2. The SMILES string of the molecule is CCOc1ccccc1-n1nnnc1SCC(=O)NC(=O)NC(C)(C)C. The summed E-state index contributed by atoms with van der Waals surface area (Å²) in [6, 6.07) is 6.80. The predicted molar refractivity (Wildman–Crippen MR) is 97.5 cm³/mol. The van der Waals surface area contributed by atoms with Crippen molar-refractivity contribution in [1.29, 1.82) is 0 Å². The standard InChI is InChI=1S/C16H22N6O3S/c1-5-25-12-9-7-6-8-11(12)22-15(19-20-21-22)26-10-13(23)17-14(24)18-16(2,3)4/h6-9H,5,10H2,1-4H3,(H2,17,18,23,24). The summed E-state index contributed by atoms with van der Waals surface area (Å²) in [5.74, 6) is 0.192. The van der Waals surface area contributed by atoms with E-state index in [1.807, 2.05) is 52.0 Å². The Kier molecular flexibility index (Phi) is 6.56. The molecule has 1 heterocycles. The van der Waals surface area contributed by atoms with Gasteiger partial charge < -0.3 is 10.1 Å². The van der Waals surface area contributed by atoms with Gasteiger partial charge in [0.05, 0.1) is 12.4 Å². The second-order valence-electron chi connectivity index (χ2n) is 6.31. The minimum absolute atomic E-state index is 0.00522. The Hall–Kier alpha value is -2.62. The number of nitrogens with one attached hydrogen (secondary N) is 2. The van der Waals surface area contributed by atoms with Gasteiger partial charge in [0, 0.05) is 5.54 Å². The van der Waals surface area contributed by atoms with Gasteiger partial charge in [-0.25, -0.2) is 4.79 Å². The molecule has 0 saturated heterocycles. The van der Waals surface area contributed by atoms with Gasteiger partial charge in [0.25, 0.3) is 0 Å². The smallest absolute Gasteiger partial charge is 0.321 e. The van der Waals surface area contributed by atoms with Crippen molar-refractivity contribution in [2.24, 2.45) is 0 Å². The molecule has 0 aliphatic heterocycles. The molecule has 0 aliphatic carbocycles. The number of tetrazole rings is 1. The van der Waals surface area contributed by atoms with E-state index in [-0.39, 0.29) is 5.75 Å². The third-order valence-corrected chi connectivity index (χ3v) is 3.83. The number of rotatable bonds is 6. The monoisotopic (exact) mass is 378 g/mol. The molecule has 2 N–H and O–H groups in total. The van der Waals surface area contributed by atoms with Gasteiger partial charge in [-0.05, 0) is 50.3 Å². The van der Waals surface area contributed by atoms with Gasteiger partial charge in [-0.1, -0.05) is 23.9 Å². The number of ether oxygens (including phenoxy) is 1. The Balaban J connectivity index is 2.02. The summed E-state index contributed by atoms with van der Waals surface area (Å²) in [6.07, 6.45) is 0. The van der Waals surface area contributed by atoms with E-state index in [4.69, 9.17) is 4.74 Å². The normalized spacial score (nSPS) is 11.1. The zero-order valence-electron chi connectivity index (χ0n) is 15.1. The molecule has 0 saturated carbocycles. The second kappa shape index (κ2) is 8.65. The van der Waals surface area contributed by atoms with Crippen LogP contribution in [0.5, 0.6) is 5.75 Å². The van der Waals surface area contributed by atoms with E-state index >= 15 is 0 Å². The highest BCUT2D eigenvalue weighted by Crippen LogP contribution is 2.25. The number of imide groups is 1. The fourth-order valence-electron chi connectivity index (χ4n) is 1.99. The molecular weight excluding hydrogens is 356 g/mol. The van der Waals surface area contributed by atoms with Crippen molar-refractivity contribution in [2.45, 2.75) is 38.4 Å². The minimum Gasteiger partial charge on any atom is -0.492 e. The maximum atomic E-state index is 12.0. The molecule has 0 bridgehead atoms. The molecule has 0 aliphatic rings. The van der Waals surface area contributed by atoms with Crippen molar-refractivity contribution in [1.82, 2.24) is 30.8 Å². The van der Waals surface area contributed by atoms with Crippen molar-refractivity contribution in [3.8, 4) is 11.4 Å². The van der Waals surface area contributed by atoms with Gasteiger partial charge in [-0.15, -0.1) is 5.10 Å². The lowest BCUT2D eigenvalue weighted by Crippen LogP contribution is -2.48. The first-order valence-corrected chi connectivity index (χ1v) is 9.04. The molecule has 0 radical (unpaired) electrons. The van der Waals surface area contributed by atoms with Crippen molar-refractivity contribution < 1.29 is 14.3 Å². The molecule has 26 heavy (non-hydrogen) atoms. The molecule has 1 aromatic carbocycles. The summed E-state index contributed by atoms with van der Waals surface area (Å²) in [7, 11) is 0. The lowest BCUT2D eigenvalue weighted by Gasteiger charge is -2.20. The van der Waals surface area contributed by atoms with Crippen LogP contribution >= 0.6 is 11.8 Å². The lowest BCUT2D eigenvalue weighted by atomic mass is 10.1. The van der Waals surface area contributed by atoms with Crippen LogP contribution in [0, 0.1) is 0 Å². The maximum Gasteiger partial charge on any atom is 0.321 e. The molecule has 0 fully saturated rings.